The first-order valence-corrected chi connectivity index (χ1v) is 13.9. The van der Waals surface area contributed by atoms with Gasteiger partial charge in [0.1, 0.15) is 8.24 Å². The van der Waals surface area contributed by atoms with Crippen LogP contribution in [0.1, 0.15) is 52.9 Å². The van der Waals surface area contributed by atoms with Crippen molar-refractivity contribution >= 4 is 26.9 Å². The van der Waals surface area contributed by atoms with E-state index in [1.165, 1.54) is 62.8 Å². The molecule has 0 aromatic heterocycles. The van der Waals surface area contributed by atoms with Gasteiger partial charge < -0.3 is 4.23 Å². The minimum Gasteiger partial charge on any atom is -0.333 e. The van der Waals surface area contributed by atoms with Crippen LogP contribution < -0.4 is 0 Å². The molecular weight excluding hydrogens is 274 g/mol. The van der Waals surface area contributed by atoms with Crippen LogP contribution in [0.2, 0.25) is 29.7 Å². The number of rotatable bonds is 5. The monoisotopic (exact) mass is 303 g/mol. The molecule has 106 valence electrons. The summed E-state index contributed by atoms with van der Waals surface area (Å²) in [5.74, 6) is 0. The highest BCUT2D eigenvalue weighted by atomic mass is 35.6. The molecule has 0 spiro atoms. The van der Waals surface area contributed by atoms with Gasteiger partial charge in [0.2, 0.25) is 7.55 Å². The molecule has 0 N–H and O–H groups in total. The highest BCUT2D eigenvalue weighted by molar-refractivity contribution is 7.23. The van der Waals surface area contributed by atoms with E-state index in [9.17, 15) is 0 Å². The fourth-order valence-corrected chi connectivity index (χ4v) is 19.8. The summed E-state index contributed by atoms with van der Waals surface area (Å²) in [5.41, 5.74) is 0.915. The molecule has 0 aromatic carbocycles. The molecule has 0 bridgehead atoms. The minimum absolute atomic E-state index is 0.915. The standard InChI is InChI=1S/C14H30ClNSi2/c1-4-17(5-2,6-3)16-12-9-13-18(16,15)14-10-7-8-11-14/h14H,4-13H2,1-3H3. The van der Waals surface area contributed by atoms with Crippen molar-refractivity contribution in [2.45, 2.75) is 82.6 Å². The lowest BCUT2D eigenvalue weighted by Gasteiger charge is -2.47. The summed E-state index contributed by atoms with van der Waals surface area (Å²) >= 11 is 7.36. The van der Waals surface area contributed by atoms with Crippen molar-refractivity contribution in [2.75, 3.05) is 6.54 Å². The van der Waals surface area contributed by atoms with E-state index in [1.807, 2.05) is 0 Å². The molecule has 1 nitrogen and oxygen atoms in total. The molecular formula is C14H30ClNSi2. The van der Waals surface area contributed by atoms with Gasteiger partial charge in [-0.25, -0.2) is 0 Å². The van der Waals surface area contributed by atoms with Crippen LogP contribution in [0.25, 0.3) is 0 Å². The summed E-state index contributed by atoms with van der Waals surface area (Å²) in [7, 11) is -2.84. The number of hydrogen-bond acceptors (Lipinski definition) is 1. The summed E-state index contributed by atoms with van der Waals surface area (Å²) in [4.78, 5) is 0. The van der Waals surface area contributed by atoms with Crippen LogP contribution in [0.4, 0.5) is 0 Å². The van der Waals surface area contributed by atoms with Gasteiger partial charge in [0.25, 0.3) is 0 Å². The van der Waals surface area contributed by atoms with Gasteiger partial charge in [0, 0.05) is 0 Å². The second-order valence-corrected chi connectivity index (χ2v) is 17.4. The summed E-state index contributed by atoms with van der Waals surface area (Å²) in [6, 6.07) is 5.62. The lowest BCUT2D eigenvalue weighted by Crippen LogP contribution is -2.62. The van der Waals surface area contributed by atoms with Crippen LogP contribution in [-0.4, -0.2) is 26.6 Å². The molecule has 2 aliphatic rings. The average molecular weight is 304 g/mol. The van der Waals surface area contributed by atoms with Crippen LogP contribution in [0.15, 0.2) is 0 Å². The Balaban J connectivity index is 2.24. The van der Waals surface area contributed by atoms with Crippen LogP contribution in [0.3, 0.4) is 0 Å². The smallest absolute Gasteiger partial charge is 0.225 e. The maximum absolute atomic E-state index is 7.36. The largest absolute Gasteiger partial charge is 0.333 e. The van der Waals surface area contributed by atoms with Crippen LogP contribution in [0.5, 0.6) is 0 Å². The van der Waals surface area contributed by atoms with Gasteiger partial charge in [-0.3, -0.25) is 0 Å². The van der Waals surface area contributed by atoms with E-state index in [2.05, 4.69) is 25.0 Å². The minimum atomic E-state index is -1.61. The molecule has 2 rings (SSSR count). The lowest BCUT2D eigenvalue weighted by molar-refractivity contribution is 0.623. The third-order valence-electron chi connectivity index (χ3n) is 5.89. The third kappa shape index (κ3) is 2.36. The normalized spacial score (nSPS) is 31.3. The molecule has 1 saturated heterocycles. The van der Waals surface area contributed by atoms with Gasteiger partial charge in [-0.15, -0.1) is 11.1 Å². The molecule has 1 aliphatic carbocycles. The van der Waals surface area contributed by atoms with E-state index >= 15 is 0 Å². The zero-order valence-corrected chi connectivity index (χ0v) is 15.2. The molecule has 1 atom stereocenters. The number of nitrogens with zero attached hydrogens (tertiary/aromatic N) is 1. The topological polar surface area (TPSA) is 3.24 Å². The average Bonchev–Trinajstić information content (AvgIpc) is 3.03. The van der Waals surface area contributed by atoms with Gasteiger partial charge in [-0.2, -0.15) is 0 Å². The van der Waals surface area contributed by atoms with E-state index in [0.717, 1.165) is 5.54 Å². The fourth-order valence-electron chi connectivity index (χ4n) is 4.55. The van der Waals surface area contributed by atoms with Gasteiger partial charge in [0.15, 0.2) is 0 Å². The highest BCUT2D eigenvalue weighted by Gasteiger charge is 2.55. The third-order valence-corrected chi connectivity index (χ3v) is 20.4. The molecule has 0 radical (unpaired) electrons. The van der Waals surface area contributed by atoms with Crippen LogP contribution in [0, 0.1) is 0 Å². The first-order chi connectivity index (χ1) is 8.63. The SMILES string of the molecule is CC[Si](CC)(CC)N1CCC[Si]1(Cl)C1CCCC1. The predicted molar refractivity (Wildman–Crippen MR) is 87.2 cm³/mol. The van der Waals surface area contributed by atoms with Crippen molar-refractivity contribution in [3.05, 3.63) is 0 Å². The van der Waals surface area contributed by atoms with Gasteiger partial charge >= 0.3 is 0 Å². The van der Waals surface area contributed by atoms with Gasteiger partial charge in [-0.05, 0) is 42.7 Å². The van der Waals surface area contributed by atoms with E-state index in [-0.39, 0.29) is 0 Å². The van der Waals surface area contributed by atoms with Gasteiger partial charge in [-0.1, -0.05) is 46.5 Å². The van der Waals surface area contributed by atoms with Crippen molar-refractivity contribution in [3.63, 3.8) is 0 Å². The van der Waals surface area contributed by atoms with Crippen LogP contribution >= 0.6 is 11.1 Å². The Labute approximate surface area is 120 Å². The molecule has 0 amide bonds. The Morgan fingerprint density at radius 3 is 2.11 bits per heavy atom. The maximum Gasteiger partial charge on any atom is 0.225 e. The van der Waals surface area contributed by atoms with Gasteiger partial charge in [0.05, 0.1) is 0 Å². The predicted octanol–water partition coefficient (Wildman–Crippen LogP) is 5.32. The fraction of sp³-hybridized carbons (Fsp3) is 1.00. The summed E-state index contributed by atoms with van der Waals surface area (Å²) in [6.07, 6.45) is 7.15. The van der Waals surface area contributed by atoms with E-state index in [4.69, 9.17) is 11.1 Å². The molecule has 4 heteroatoms. The number of hydrogen-bond donors (Lipinski definition) is 0. The first kappa shape index (κ1) is 15.1. The highest BCUT2D eigenvalue weighted by Crippen LogP contribution is 2.50. The summed E-state index contributed by atoms with van der Waals surface area (Å²) in [5, 5.41) is 0. The Morgan fingerprint density at radius 1 is 1.06 bits per heavy atom. The van der Waals surface area contributed by atoms with Crippen molar-refractivity contribution in [1.82, 2.24) is 4.23 Å². The van der Waals surface area contributed by atoms with Crippen molar-refractivity contribution < 1.29 is 0 Å². The van der Waals surface area contributed by atoms with E-state index in [0.29, 0.717) is 0 Å². The van der Waals surface area contributed by atoms with E-state index < -0.39 is 15.8 Å². The molecule has 1 saturated carbocycles. The molecule has 18 heavy (non-hydrogen) atoms. The first-order valence-electron chi connectivity index (χ1n) is 8.09. The van der Waals surface area contributed by atoms with Crippen molar-refractivity contribution in [1.29, 1.82) is 0 Å². The Kier molecular flexibility index (Phi) is 5.01. The zero-order valence-electron chi connectivity index (χ0n) is 12.5. The lowest BCUT2D eigenvalue weighted by atomic mass is 10.4. The Bertz CT molecular complexity index is 269. The second-order valence-electron chi connectivity index (χ2n) is 6.34. The quantitative estimate of drug-likeness (QED) is 0.490. The Morgan fingerprint density at radius 2 is 1.61 bits per heavy atom. The molecule has 1 heterocycles. The number of halogens is 1. The Hall–Kier alpha value is 0.684. The summed E-state index contributed by atoms with van der Waals surface area (Å²) < 4.78 is 3.00. The maximum atomic E-state index is 7.36. The van der Waals surface area contributed by atoms with Crippen LogP contribution in [-0.2, 0) is 0 Å². The molecule has 1 aliphatic heterocycles. The van der Waals surface area contributed by atoms with Crippen molar-refractivity contribution in [3.8, 4) is 0 Å². The second kappa shape index (κ2) is 5.98. The molecule has 2 fully saturated rings. The van der Waals surface area contributed by atoms with E-state index in [1.54, 1.807) is 0 Å². The molecule has 0 aromatic rings. The molecule has 1 unspecified atom stereocenters. The van der Waals surface area contributed by atoms with Crippen molar-refractivity contribution in [2.24, 2.45) is 0 Å². The zero-order chi connectivity index (χ0) is 13.2. The summed E-state index contributed by atoms with van der Waals surface area (Å²) in [6.45, 7) is 8.63.